The van der Waals surface area contributed by atoms with E-state index in [4.69, 9.17) is 0 Å². The molecule has 1 saturated heterocycles. The molecule has 0 radical (unpaired) electrons. The quantitative estimate of drug-likeness (QED) is 0.812. The minimum Gasteiger partial charge on any atom is -0.339 e. The molecule has 1 aliphatic carbocycles. The Morgan fingerprint density at radius 2 is 2.04 bits per heavy atom. The van der Waals surface area contributed by atoms with E-state index in [0.29, 0.717) is 12.5 Å². The minimum absolute atomic E-state index is 0.102. The summed E-state index contributed by atoms with van der Waals surface area (Å²) in [5, 5.41) is 8.41. The van der Waals surface area contributed by atoms with Gasteiger partial charge in [0.05, 0.1) is 12.4 Å². The highest BCUT2D eigenvalue weighted by Crippen LogP contribution is 2.36. The maximum absolute atomic E-state index is 13.0. The van der Waals surface area contributed by atoms with E-state index in [9.17, 15) is 8.42 Å². The Hall–Kier alpha value is -1.74. The molecule has 1 atom stereocenters. The number of nitrogens with zero attached hydrogens (tertiary/aromatic N) is 6. The summed E-state index contributed by atoms with van der Waals surface area (Å²) in [4.78, 5) is 4.05. The van der Waals surface area contributed by atoms with E-state index in [0.717, 1.165) is 31.6 Å². The molecule has 1 aliphatic heterocycles. The average molecular weight is 350 g/mol. The van der Waals surface area contributed by atoms with Gasteiger partial charge in [-0.15, -0.1) is 10.2 Å². The van der Waals surface area contributed by atoms with Gasteiger partial charge in [-0.2, -0.15) is 4.31 Å². The zero-order chi connectivity index (χ0) is 16.7. The van der Waals surface area contributed by atoms with Crippen LogP contribution in [0, 0.1) is 5.92 Å². The van der Waals surface area contributed by atoms with Crippen molar-refractivity contribution in [2.45, 2.75) is 49.7 Å². The molecule has 2 fully saturated rings. The molecule has 0 N–H and O–H groups in total. The Balaban J connectivity index is 1.67. The topological polar surface area (TPSA) is 85.9 Å². The minimum atomic E-state index is -3.63. The van der Waals surface area contributed by atoms with E-state index < -0.39 is 10.0 Å². The number of aryl methyl sites for hydroxylation is 1. The first kappa shape index (κ1) is 15.8. The van der Waals surface area contributed by atoms with Gasteiger partial charge in [0.2, 0.25) is 0 Å². The summed E-state index contributed by atoms with van der Waals surface area (Å²) in [5.74, 6) is 1.45. The Morgan fingerprint density at radius 1 is 1.21 bits per heavy atom. The lowest BCUT2D eigenvalue weighted by Gasteiger charge is -2.33. The van der Waals surface area contributed by atoms with Gasteiger partial charge in [0.25, 0.3) is 10.0 Å². The van der Waals surface area contributed by atoms with Crippen molar-refractivity contribution in [2.24, 2.45) is 13.0 Å². The van der Waals surface area contributed by atoms with Crippen LogP contribution < -0.4 is 0 Å². The lowest BCUT2D eigenvalue weighted by Crippen LogP contribution is -2.39. The Labute approximate surface area is 141 Å². The summed E-state index contributed by atoms with van der Waals surface area (Å²) in [6.45, 7) is 1.39. The molecule has 2 aromatic rings. The summed E-state index contributed by atoms with van der Waals surface area (Å²) < 4.78 is 31.3. The number of hydrogen-bond acceptors (Lipinski definition) is 5. The van der Waals surface area contributed by atoms with Crippen LogP contribution in [0.15, 0.2) is 23.9 Å². The van der Waals surface area contributed by atoms with Crippen molar-refractivity contribution in [3.05, 3.63) is 24.7 Å². The second-order valence-corrected chi connectivity index (χ2v) is 8.63. The first-order valence-corrected chi connectivity index (χ1v) is 9.87. The summed E-state index contributed by atoms with van der Waals surface area (Å²) >= 11 is 0. The molecule has 2 aromatic heterocycles. The maximum atomic E-state index is 13.0. The van der Waals surface area contributed by atoms with Gasteiger partial charge in [-0.3, -0.25) is 0 Å². The Morgan fingerprint density at radius 3 is 2.75 bits per heavy atom. The molecule has 4 rings (SSSR count). The van der Waals surface area contributed by atoms with Gasteiger partial charge in [0.15, 0.2) is 10.9 Å². The fourth-order valence-electron chi connectivity index (χ4n) is 3.33. The lowest BCUT2D eigenvalue weighted by molar-refractivity contribution is 0.239. The highest BCUT2D eigenvalue weighted by molar-refractivity contribution is 7.89. The van der Waals surface area contributed by atoms with E-state index >= 15 is 0 Å². The zero-order valence-corrected chi connectivity index (χ0v) is 14.6. The number of imidazole rings is 1. The smallest absolute Gasteiger partial charge is 0.262 e. The first-order chi connectivity index (χ1) is 11.6. The number of aromatic nitrogens is 5. The molecule has 0 aromatic carbocycles. The van der Waals surface area contributed by atoms with Crippen molar-refractivity contribution in [1.29, 1.82) is 0 Å². The van der Waals surface area contributed by atoms with Crippen LogP contribution >= 0.6 is 0 Å². The third-order valence-corrected chi connectivity index (χ3v) is 6.60. The Kier molecular flexibility index (Phi) is 3.92. The van der Waals surface area contributed by atoms with Crippen LogP contribution in [0.3, 0.4) is 0 Å². The molecule has 0 bridgehead atoms. The molecule has 0 amide bonds. The van der Waals surface area contributed by atoms with Crippen LogP contribution in [0.4, 0.5) is 0 Å². The summed E-state index contributed by atoms with van der Waals surface area (Å²) in [6, 6.07) is -0.257. The molecule has 0 spiro atoms. The maximum Gasteiger partial charge on any atom is 0.262 e. The monoisotopic (exact) mass is 350 g/mol. The second-order valence-electron chi connectivity index (χ2n) is 6.79. The van der Waals surface area contributed by atoms with Gasteiger partial charge in [-0.25, -0.2) is 13.4 Å². The lowest BCUT2D eigenvalue weighted by atomic mass is 10.0. The normalized spacial score (nSPS) is 22.8. The Bertz CT molecular complexity index is 823. The van der Waals surface area contributed by atoms with Crippen molar-refractivity contribution in [1.82, 2.24) is 28.6 Å². The third-order valence-electron chi connectivity index (χ3n) is 4.80. The summed E-state index contributed by atoms with van der Waals surface area (Å²) in [7, 11) is -1.86. The highest BCUT2D eigenvalue weighted by atomic mass is 32.2. The molecule has 0 unspecified atom stereocenters. The van der Waals surface area contributed by atoms with E-state index in [1.54, 1.807) is 28.4 Å². The summed E-state index contributed by atoms with van der Waals surface area (Å²) in [6.07, 6.45) is 9.89. The van der Waals surface area contributed by atoms with Gasteiger partial charge in [-0.05, 0) is 31.6 Å². The van der Waals surface area contributed by atoms with Crippen LogP contribution in [0.25, 0.3) is 0 Å². The first-order valence-electron chi connectivity index (χ1n) is 8.43. The predicted octanol–water partition coefficient (Wildman–Crippen LogP) is 1.34. The predicted molar refractivity (Wildman–Crippen MR) is 86.4 cm³/mol. The van der Waals surface area contributed by atoms with Crippen LogP contribution in [-0.2, 0) is 23.6 Å². The molecule has 9 heteroatoms. The average Bonchev–Trinajstić information content (AvgIpc) is 3.07. The van der Waals surface area contributed by atoms with Crippen molar-refractivity contribution >= 4 is 10.0 Å². The van der Waals surface area contributed by atoms with E-state index in [1.165, 1.54) is 19.2 Å². The standard InChI is InChI=1S/C15H22N6O2S/c1-19-9-14(16-10-19)24(22,23)21-7-3-2-4-13(21)15-18-17-11-20(15)8-12-5-6-12/h9-13H,2-8H2,1H3/t13-/m1/s1. The van der Waals surface area contributed by atoms with E-state index in [-0.39, 0.29) is 11.1 Å². The molecule has 3 heterocycles. The van der Waals surface area contributed by atoms with Crippen LogP contribution in [-0.4, -0.2) is 43.6 Å². The molecular weight excluding hydrogens is 328 g/mol. The van der Waals surface area contributed by atoms with Crippen LogP contribution in [0.5, 0.6) is 0 Å². The highest BCUT2D eigenvalue weighted by Gasteiger charge is 2.38. The largest absolute Gasteiger partial charge is 0.339 e. The van der Waals surface area contributed by atoms with Gasteiger partial charge in [-0.1, -0.05) is 6.42 Å². The van der Waals surface area contributed by atoms with Crippen molar-refractivity contribution < 1.29 is 8.42 Å². The van der Waals surface area contributed by atoms with Gasteiger partial charge >= 0.3 is 0 Å². The van der Waals surface area contributed by atoms with Crippen molar-refractivity contribution in [3.8, 4) is 0 Å². The SMILES string of the molecule is Cn1cnc(S(=O)(=O)N2CCCC[C@@H]2c2nncn2CC2CC2)c1. The van der Waals surface area contributed by atoms with E-state index in [1.807, 2.05) is 4.57 Å². The number of piperidine rings is 1. The molecule has 8 nitrogen and oxygen atoms in total. The summed E-state index contributed by atoms with van der Waals surface area (Å²) in [5.41, 5.74) is 0. The van der Waals surface area contributed by atoms with Gasteiger partial charge in [0, 0.05) is 26.3 Å². The number of rotatable bonds is 5. The molecule has 1 saturated carbocycles. The van der Waals surface area contributed by atoms with E-state index in [2.05, 4.69) is 15.2 Å². The van der Waals surface area contributed by atoms with Crippen molar-refractivity contribution in [2.75, 3.05) is 6.54 Å². The third kappa shape index (κ3) is 2.86. The molecule has 130 valence electrons. The van der Waals surface area contributed by atoms with Gasteiger partial charge in [0.1, 0.15) is 6.33 Å². The van der Waals surface area contributed by atoms with Gasteiger partial charge < -0.3 is 9.13 Å². The number of hydrogen-bond donors (Lipinski definition) is 0. The van der Waals surface area contributed by atoms with Crippen molar-refractivity contribution in [3.63, 3.8) is 0 Å². The molecule has 24 heavy (non-hydrogen) atoms. The number of sulfonamides is 1. The van der Waals surface area contributed by atoms with Crippen LogP contribution in [0.2, 0.25) is 0 Å². The zero-order valence-electron chi connectivity index (χ0n) is 13.7. The fourth-order valence-corrected chi connectivity index (χ4v) is 4.96. The molecule has 2 aliphatic rings. The fraction of sp³-hybridized carbons (Fsp3) is 0.667. The van der Waals surface area contributed by atoms with Crippen LogP contribution in [0.1, 0.15) is 44.0 Å². The second kappa shape index (κ2) is 5.96. The molecular formula is C15H22N6O2S.